The number of nitrogens with one attached hydrogen (secondary N) is 1. The Hall–Kier alpha value is -2.39. The Bertz CT molecular complexity index is 660. The molecule has 0 saturated heterocycles. The largest absolute Gasteiger partial charge is 0.368 e. The normalized spacial score (nSPS) is 18.5. The summed E-state index contributed by atoms with van der Waals surface area (Å²) in [4.78, 5) is 0. The molecule has 0 fully saturated rings. The maximum atomic E-state index is 10.00. The molecule has 1 atom stereocenters. The third-order valence-corrected chi connectivity index (χ3v) is 3.45. The van der Waals surface area contributed by atoms with Crippen LogP contribution < -0.4 is 5.43 Å². The molecule has 0 aliphatic carbocycles. The van der Waals surface area contributed by atoms with Crippen molar-refractivity contribution < 1.29 is 5.11 Å². The van der Waals surface area contributed by atoms with E-state index in [2.05, 4.69) is 10.5 Å². The van der Waals surface area contributed by atoms with Crippen LogP contribution in [0.15, 0.2) is 71.3 Å². The molecule has 3 nitrogen and oxygen atoms in total. The number of benzene rings is 2. The van der Waals surface area contributed by atoms with Crippen molar-refractivity contribution in [3.63, 3.8) is 0 Å². The summed E-state index contributed by atoms with van der Waals surface area (Å²) in [5, 5.41) is 14.3. The number of aliphatic hydroxyl groups excluding tert-OH is 1. The quantitative estimate of drug-likeness (QED) is 0.876. The van der Waals surface area contributed by atoms with Gasteiger partial charge in [-0.05, 0) is 18.1 Å². The minimum Gasteiger partial charge on any atom is -0.368 e. The second-order valence-corrected chi connectivity index (χ2v) is 4.78. The zero-order chi connectivity index (χ0) is 13.9. The Morgan fingerprint density at radius 1 is 0.900 bits per heavy atom. The van der Waals surface area contributed by atoms with Gasteiger partial charge in [-0.2, -0.15) is 5.10 Å². The van der Waals surface area contributed by atoms with E-state index in [-0.39, 0.29) is 0 Å². The van der Waals surface area contributed by atoms with Gasteiger partial charge in [0.1, 0.15) is 0 Å². The second kappa shape index (κ2) is 5.31. The summed E-state index contributed by atoms with van der Waals surface area (Å²) < 4.78 is 0. The van der Waals surface area contributed by atoms with Crippen LogP contribution in [0.2, 0.25) is 0 Å². The van der Waals surface area contributed by atoms with Crippen molar-refractivity contribution in [1.29, 1.82) is 0 Å². The summed E-state index contributed by atoms with van der Waals surface area (Å²) in [6.45, 7) is 1.93. The minimum atomic E-state index is -0.738. The fraction of sp³-hybridized carbons (Fsp3) is 0.118. The maximum absolute atomic E-state index is 10.00. The van der Waals surface area contributed by atoms with E-state index in [1.165, 1.54) is 0 Å². The number of aliphatic hydroxyl groups is 1. The third-order valence-electron chi connectivity index (χ3n) is 3.45. The minimum absolute atomic E-state index is 0.738. The number of allylic oxidation sites excluding steroid dienone is 1. The number of hydrazone groups is 1. The van der Waals surface area contributed by atoms with Crippen molar-refractivity contribution >= 4 is 11.3 Å². The summed E-state index contributed by atoms with van der Waals surface area (Å²) in [6, 6.07) is 20.0. The Labute approximate surface area is 118 Å². The highest BCUT2D eigenvalue weighted by Gasteiger charge is 2.23. The average Bonchev–Trinajstić information content (AvgIpc) is 2.51. The van der Waals surface area contributed by atoms with Gasteiger partial charge in [0.15, 0.2) is 6.23 Å². The maximum Gasteiger partial charge on any atom is 0.162 e. The highest BCUT2D eigenvalue weighted by molar-refractivity contribution is 6.32. The lowest BCUT2D eigenvalue weighted by atomic mass is 9.91. The van der Waals surface area contributed by atoms with Crippen LogP contribution in [-0.2, 0) is 0 Å². The van der Waals surface area contributed by atoms with Crippen molar-refractivity contribution in [1.82, 2.24) is 5.43 Å². The summed E-state index contributed by atoms with van der Waals surface area (Å²) in [7, 11) is 0. The van der Waals surface area contributed by atoms with Crippen molar-refractivity contribution in [3.05, 3.63) is 77.4 Å². The van der Waals surface area contributed by atoms with Crippen molar-refractivity contribution in [2.45, 2.75) is 13.2 Å². The molecule has 20 heavy (non-hydrogen) atoms. The zero-order valence-electron chi connectivity index (χ0n) is 11.2. The van der Waals surface area contributed by atoms with Crippen LogP contribution in [-0.4, -0.2) is 17.0 Å². The van der Waals surface area contributed by atoms with Crippen LogP contribution in [0.4, 0.5) is 0 Å². The topological polar surface area (TPSA) is 44.6 Å². The number of nitrogens with zero attached hydrogens (tertiary/aromatic N) is 1. The van der Waals surface area contributed by atoms with Gasteiger partial charge in [-0.25, -0.2) is 0 Å². The molecule has 1 aliphatic rings. The molecule has 0 aromatic heterocycles. The highest BCUT2D eigenvalue weighted by atomic mass is 16.3. The molecule has 0 spiro atoms. The molecule has 1 heterocycles. The third kappa shape index (κ3) is 2.24. The number of hydrogen-bond donors (Lipinski definition) is 2. The molecule has 2 aromatic rings. The first-order valence-electron chi connectivity index (χ1n) is 6.60. The van der Waals surface area contributed by atoms with Gasteiger partial charge in [0.05, 0.1) is 5.71 Å². The summed E-state index contributed by atoms with van der Waals surface area (Å²) >= 11 is 0. The summed E-state index contributed by atoms with van der Waals surface area (Å²) in [5.74, 6) is 0. The molecule has 2 aromatic carbocycles. The lowest BCUT2D eigenvalue weighted by Gasteiger charge is -2.24. The van der Waals surface area contributed by atoms with Crippen LogP contribution in [0.5, 0.6) is 0 Å². The standard InChI is InChI=1S/C17H16N2O/c1-12-15(13-8-4-2-5-9-13)16(18-19-17(12)20)14-10-6-3-7-11-14/h2-11,17,19-20H,1H3. The van der Waals surface area contributed by atoms with Crippen LogP contribution in [0, 0.1) is 0 Å². The average molecular weight is 264 g/mol. The zero-order valence-corrected chi connectivity index (χ0v) is 11.2. The van der Waals surface area contributed by atoms with Crippen LogP contribution >= 0.6 is 0 Å². The number of hydrogen-bond acceptors (Lipinski definition) is 3. The van der Waals surface area contributed by atoms with Crippen LogP contribution in [0.1, 0.15) is 18.1 Å². The molecular formula is C17H16N2O. The molecule has 0 saturated carbocycles. The molecular weight excluding hydrogens is 248 g/mol. The van der Waals surface area contributed by atoms with Gasteiger partial charge in [-0.1, -0.05) is 60.7 Å². The van der Waals surface area contributed by atoms with Gasteiger partial charge >= 0.3 is 0 Å². The van der Waals surface area contributed by atoms with E-state index in [4.69, 9.17) is 0 Å². The second-order valence-electron chi connectivity index (χ2n) is 4.78. The van der Waals surface area contributed by atoms with E-state index >= 15 is 0 Å². The van der Waals surface area contributed by atoms with E-state index in [1.807, 2.05) is 67.6 Å². The fourth-order valence-electron chi connectivity index (χ4n) is 2.38. The van der Waals surface area contributed by atoms with Crippen molar-refractivity contribution in [2.24, 2.45) is 5.10 Å². The van der Waals surface area contributed by atoms with Crippen LogP contribution in [0.3, 0.4) is 0 Å². The van der Waals surface area contributed by atoms with Gasteiger partial charge < -0.3 is 5.11 Å². The van der Waals surface area contributed by atoms with E-state index in [0.717, 1.165) is 28.0 Å². The molecule has 0 amide bonds. The predicted molar refractivity (Wildman–Crippen MR) is 81.2 cm³/mol. The highest BCUT2D eigenvalue weighted by Crippen LogP contribution is 2.27. The first kappa shape index (κ1) is 12.6. The molecule has 100 valence electrons. The molecule has 1 aliphatic heterocycles. The van der Waals surface area contributed by atoms with E-state index in [0.29, 0.717) is 0 Å². The Morgan fingerprint density at radius 3 is 2.05 bits per heavy atom. The van der Waals surface area contributed by atoms with Gasteiger partial charge in [0.25, 0.3) is 0 Å². The SMILES string of the molecule is CC1=C(c2ccccc2)C(c2ccccc2)=NNC1O. The van der Waals surface area contributed by atoms with Gasteiger partial charge in [-0.3, -0.25) is 5.43 Å². The lowest BCUT2D eigenvalue weighted by molar-refractivity contribution is 0.174. The molecule has 3 rings (SSSR count). The van der Waals surface area contributed by atoms with E-state index < -0.39 is 6.23 Å². The van der Waals surface area contributed by atoms with Gasteiger partial charge in [-0.15, -0.1) is 0 Å². The Balaban J connectivity index is 2.15. The molecule has 3 heteroatoms. The molecule has 1 unspecified atom stereocenters. The van der Waals surface area contributed by atoms with E-state index in [1.54, 1.807) is 0 Å². The molecule has 0 radical (unpaired) electrons. The van der Waals surface area contributed by atoms with Gasteiger partial charge in [0, 0.05) is 11.1 Å². The van der Waals surface area contributed by atoms with Crippen LogP contribution in [0.25, 0.3) is 5.57 Å². The smallest absolute Gasteiger partial charge is 0.162 e. The molecule has 0 bridgehead atoms. The monoisotopic (exact) mass is 264 g/mol. The first-order valence-corrected chi connectivity index (χ1v) is 6.60. The van der Waals surface area contributed by atoms with E-state index in [9.17, 15) is 5.11 Å². The Morgan fingerprint density at radius 2 is 1.45 bits per heavy atom. The fourth-order valence-corrected chi connectivity index (χ4v) is 2.38. The molecule has 2 N–H and O–H groups in total. The summed E-state index contributed by atoms with van der Waals surface area (Å²) in [5.41, 5.74) is 7.59. The Kier molecular flexibility index (Phi) is 3.35. The number of rotatable bonds is 2. The first-order chi connectivity index (χ1) is 9.77. The predicted octanol–water partition coefficient (Wildman–Crippen LogP) is 2.79. The summed E-state index contributed by atoms with van der Waals surface area (Å²) in [6.07, 6.45) is -0.738. The lowest BCUT2D eigenvalue weighted by Crippen LogP contribution is -2.32. The van der Waals surface area contributed by atoms with Gasteiger partial charge in [0.2, 0.25) is 0 Å². The van der Waals surface area contributed by atoms with Crippen molar-refractivity contribution in [2.75, 3.05) is 0 Å². The van der Waals surface area contributed by atoms with Crippen molar-refractivity contribution in [3.8, 4) is 0 Å².